The van der Waals surface area contributed by atoms with Crippen molar-refractivity contribution >= 4 is 5.78 Å². The minimum Gasteiger partial charge on any atom is -0.289 e. The Morgan fingerprint density at radius 1 is 0.519 bits per heavy atom. The molecule has 0 aliphatic heterocycles. The lowest BCUT2D eigenvalue weighted by Gasteiger charge is -2.18. The van der Waals surface area contributed by atoms with Crippen molar-refractivity contribution in [3.05, 3.63) is 131 Å². The molecule has 0 heterocycles. The Balaban J connectivity index is 1.72. The quantitative estimate of drug-likeness (QED) is 0.362. The van der Waals surface area contributed by atoms with E-state index in [1.807, 2.05) is 48.5 Å². The first kappa shape index (κ1) is 15.8. The van der Waals surface area contributed by atoms with E-state index in [9.17, 15) is 4.79 Å². The molecule has 1 aliphatic carbocycles. The van der Waals surface area contributed by atoms with Crippen molar-refractivity contribution in [3.8, 4) is 11.1 Å². The van der Waals surface area contributed by atoms with Gasteiger partial charge in [0.05, 0.1) is 0 Å². The van der Waals surface area contributed by atoms with Gasteiger partial charge in [-0.15, -0.1) is 0 Å². The lowest BCUT2D eigenvalue weighted by atomic mass is 9.84. The van der Waals surface area contributed by atoms with Crippen LogP contribution in [0.4, 0.5) is 0 Å². The van der Waals surface area contributed by atoms with Gasteiger partial charge >= 0.3 is 0 Å². The number of hydrogen-bond acceptors (Lipinski definition) is 1. The zero-order valence-corrected chi connectivity index (χ0v) is 14.8. The third-order valence-corrected chi connectivity index (χ3v) is 5.39. The molecule has 0 fully saturated rings. The molecule has 1 aliphatic rings. The van der Waals surface area contributed by atoms with Crippen molar-refractivity contribution in [1.82, 2.24) is 0 Å². The van der Waals surface area contributed by atoms with Crippen LogP contribution in [-0.4, -0.2) is 5.78 Å². The Labute approximate surface area is 158 Å². The summed E-state index contributed by atoms with van der Waals surface area (Å²) >= 11 is 0. The van der Waals surface area contributed by atoms with Gasteiger partial charge in [0.1, 0.15) is 0 Å². The Hall–Kier alpha value is -3.45. The third-order valence-electron chi connectivity index (χ3n) is 5.39. The zero-order valence-electron chi connectivity index (χ0n) is 14.8. The lowest BCUT2D eigenvalue weighted by molar-refractivity contribution is 0.103. The molecule has 0 radical (unpaired) electrons. The van der Waals surface area contributed by atoms with Crippen LogP contribution in [0.25, 0.3) is 11.1 Å². The average Bonchev–Trinajstić information content (AvgIpc) is 3.08. The minimum atomic E-state index is 0.0769. The van der Waals surface area contributed by atoms with Gasteiger partial charge in [0.2, 0.25) is 0 Å². The molecule has 0 unspecified atom stereocenters. The predicted molar refractivity (Wildman–Crippen MR) is 109 cm³/mol. The summed E-state index contributed by atoms with van der Waals surface area (Å²) in [5, 5.41) is 0. The highest BCUT2D eigenvalue weighted by molar-refractivity contribution is 6.10. The molecule has 0 saturated heterocycles. The third kappa shape index (κ3) is 2.51. The minimum absolute atomic E-state index is 0.0769. The smallest absolute Gasteiger partial charge is 0.193 e. The summed E-state index contributed by atoms with van der Waals surface area (Å²) in [5.41, 5.74) is 7.65. The highest BCUT2D eigenvalue weighted by Gasteiger charge is 2.31. The molecule has 1 nitrogen and oxygen atoms in total. The van der Waals surface area contributed by atoms with Crippen LogP contribution >= 0.6 is 0 Å². The van der Waals surface area contributed by atoms with E-state index in [-0.39, 0.29) is 11.7 Å². The fourth-order valence-electron chi connectivity index (χ4n) is 4.19. The first-order valence-electron chi connectivity index (χ1n) is 9.21. The first-order valence-corrected chi connectivity index (χ1v) is 9.21. The number of carbonyl (C=O) groups is 1. The Kier molecular flexibility index (Phi) is 3.72. The zero-order chi connectivity index (χ0) is 18.2. The summed E-state index contributed by atoms with van der Waals surface area (Å²) in [7, 11) is 0. The number of ketones is 1. The van der Waals surface area contributed by atoms with E-state index in [4.69, 9.17) is 0 Å². The Morgan fingerprint density at radius 2 is 1.00 bits per heavy atom. The van der Waals surface area contributed by atoms with Crippen molar-refractivity contribution in [1.29, 1.82) is 0 Å². The van der Waals surface area contributed by atoms with Gasteiger partial charge in [0, 0.05) is 17.0 Å². The second kappa shape index (κ2) is 6.37. The number of carbonyl (C=O) groups excluding carboxylic acids is 1. The van der Waals surface area contributed by atoms with E-state index >= 15 is 0 Å². The van der Waals surface area contributed by atoms with Gasteiger partial charge in [-0.25, -0.2) is 0 Å². The Morgan fingerprint density at radius 3 is 1.63 bits per heavy atom. The maximum absolute atomic E-state index is 13.2. The molecule has 4 aromatic rings. The molecule has 0 N–H and O–H groups in total. The highest BCUT2D eigenvalue weighted by atomic mass is 16.1. The summed E-state index contributed by atoms with van der Waals surface area (Å²) < 4.78 is 0. The Bertz CT molecular complexity index is 1100. The van der Waals surface area contributed by atoms with Crippen molar-refractivity contribution in [2.45, 2.75) is 5.92 Å². The van der Waals surface area contributed by atoms with Crippen LogP contribution in [0.3, 0.4) is 0 Å². The van der Waals surface area contributed by atoms with Crippen LogP contribution in [-0.2, 0) is 0 Å². The predicted octanol–water partition coefficient (Wildman–Crippen LogP) is 6.08. The fraction of sp³-hybridized carbons (Fsp3) is 0.0385. The van der Waals surface area contributed by atoms with Crippen molar-refractivity contribution in [2.24, 2.45) is 0 Å². The SMILES string of the molecule is O=C(c1ccccc1)c1ccccc1C1c2ccccc2-c2ccccc21. The van der Waals surface area contributed by atoms with E-state index in [1.54, 1.807) is 0 Å². The van der Waals surface area contributed by atoms with Crippen LogP contribution < -0.4 is 0 Å². The second-order valence-electron chi connectivity index (χ2n) is 6.89. The molecule has 0 bridgehead atoms. The molecule has 128 valence electrons. The van der Waals surface area contributed by atoms with Gasteiger partial charge in [-0.2, -0.15) is 0 Å². The van der Waals surface area contributed by atoms with Crippen LogP contribution in [0, 0.1) is 0 Å². The molecule has 4 aromatic carbocycles. The summed E-state index contributed by atoms with van der Waals surface area (Å²) in [5.74, 6) is 0.161. The van der Waals surface area contributed by atoms with E-state index in [0.29, 0.717) is 0 Å². The number of rotatable bonds is 3. The fourth-order valence-corrected chi connectivity index (χ4v) is 4.19. The molecule has 27 heavy (non-hydrogen) atoms. The van der Waals surface area contributed by atoms with Crippen molar-refractivity contribution in [3.63, 3.8) is 0 Å². The number of fused-ring (bicyclic) bond motifs is 3. The molecule has 0 saturated carbocycles. The van der Waals surface area contributed by atoms with E-state index < -0.39 is 0 Å². The number of benzene rings is 4. The largest absolute Gasteiger partial charge is 0.289 e. The molecule has 0 aromatic heterocycles. The van der Waals surface area contributed by atoms with Crippen LogP contribution in [0.2, 0.25) is 0 Å². The van der Waals surface area contributed by atoms with Crippen LogP contribution in [0.15, 0.2) is 103 Å². The maximum atomic E-state index is 13.2. The molecule has 0 spiro atoms. The van der Waals surface area contributed by atoms with Crippen LogP contribution in [0.5, 0.6) is 0 Å². The van der Waals surface area contributed by atoms with Gasteiger partial charge in [-0.05, 0) is 27.8 Å². The van der Waals surface area contributed by atoms with Gasteiger partial charge in [0.15, 0.2) is 5.78 Å². The molecular weight excluding hydrogens is 328 g/mol. The average molecular weight is 346 g/mol. The van der Waals surface area contributed by atoms with E-state index in [0.717, 1.165) is 16.7 Å². The van der Waals surface area contributed by atoms with E-state index in [1.165, 1.54) is 22.3 Å². The van der Waals surface area contributed by atoms with Crippen LogP contribution in [0.1, 0.15) is 38.5 Å². The molecule has 0 amide bonds. The maximum Gasteiger partial charge on any atom is 0.193 e. The molecule has 0 atom stereocenters. The first-order chi connectivity index (χ1) is 13.3. The summed E-state index contributed by atoms with van der Waals surface area (Å²) in [6.45, 7) is 0. The summed E-state index contributed by atoms with van der Waals surface area (Å²) in [4.78, 5) is 13.2. The van der Waals surface area contributed by atoms with Gasteiger partial charge in [-0.1, -0.05) is 103 Å². The normalized spacial score (nSPS) is 12.4. The second-order valence-corrected chi connectivity index (χ2v) is 6.89. The van der Waals surface area contributed by atoms with E-state index in [2.05, 4.69) is 54.6 Å². The molecule has 1 heteroatoms. The molecular formula is C26H18O. The summed E-state index contributed by atoms with van der Waals surface area (Å²) in [6.07, 6.45) is 0. The van der Waals surface area contributed by atoms with Crippen molar-refractivity contribution < 1.29 is 4.79 Å². The monoisotopic (exact) mass is 346 g/mol. The topological polar surface area (TPSA) is 17.1 Å². The lowest BCUT2D eigenvalue weighted by Crippen LogP contribution is -2.09. The van der Waals surface area contributed by atoms with Gasteiger partial charge in [0.25, 0.3) is 0 Å². The molecule has 5 rings (SSSR count). The van der Waals surface area contributed by atoms with Crippen molar-refractivity contribution in [2.75, 3.05) is 0 Å². The standard InChI is InChI=1S/C26H18O/c27-26(18-10-2-1-3-11-18)24-17-9-8-16-23(24)25-21-14-6-4-12-19(21)20-13-5-7-15-22(20)25/h1-17,25H. The summed E-state index contributed by atoms with van der Waals surface area (Å²) in [6, 6.07) is 34.6. The van der Waals surface area contributed by atoms with Gasteiger partial charge < -0.3 is 0 Å². The number of hydrogen-bond donors (Lipinski definition) is 0. The highest BCUT2D eigenvalue weighted by Crippen LogP contribution is 2.48. The van der Waals surface area contributed by atoms with Gasteiger partial charge in [-0.3, -0.25) is 4.79 Å².